The van der Waals surface area contributed by atoms with Gasteiger partial charge < -0.3 is 9.47 Å². The number of unbranched alkanes of at least 4 members (excludes halogenated alkanes) is 1. The summed E-state index contributed by atoms with van der Waals surface area (Å²) in [4.78, 5) is 0. The van der Waals surface area contributed by atoms with E-state index in [2.05, 4.69) is 30.1 Å². The number of halogens is 1. The Kier molecular flexibility index (Phi) is 6.55. The molecule has 1 atom stereocenters. The second-order valence-corrected chi connectivity index (χ2v) is 7.93. The van der Waals surface area contributed by atoms with Crippen molar-refractivity contribution < 1.29 is 13.9 Å². The number of benzene rings is 1. The van der Waals surface area contributed by atoms with Gasteiger partial charge in [0, 0.05) is 19.3 Å². The predicted octanol–water partition coefficient (Wildman–Crippen LogP) is 4.78. The summed E-state index contributed by atoms with van der Waals surface area (Å²) in [6.07, 6.45) is 4.13. The molecule has 0 spiro atoms. The first-order valence-electron chi connectivity index (χ1n) is 9.71. The predicted molar refractivity (Wildman–Crippen MR) is 104 cm³/mol. The first-order valence-corrected chi connectivity index (χ1v) is 9.71. The van der Waals surface area contributed by atoms with E-state index in [0.717, 1.165) is 38.0 Å². The standard InChI is InChI=1S/C22H29FN2O2/c1-22(2)15-21-17(18(22)9-6-7-11-27-13-12-26-3)14-20(24-25-21)16-8-4-5-10-19(16)23/h4-5,8,10,14,18H,6-7,9,11-13,15H2,1-3H3. The molecule has 3 rings (SSSR count). The summed E-state index contributed by atoms with van der Waals surface area (Å²) >= 11 is 0. The van der Waals surface area contributed by atoms with Gasteiger partial charge in [-0.05, 0) is 54.4 Å². The summed E-state index contributed by atoms with van der Waals surface area (Å²) in [5.74, 6) is 0.154. The van der Waals surface area contributed by atoms with Crippen LogP contribution in [0.5, 0.6) is 0 Å². The van der Waals surface area contributed by atoms with Crippen LogP contribution in [0.3, 0.4) is 0 Å². The third-order valence-corrected chi connectivity index (χ3v) is 5.46. The maximum absolute atomic E-state index is 14.2. The average molecular weight is 372 g/mol. The number of hydrogen-bond acceptors (Lipinski definition) is 4. The van der Waals surface area contributed by atoms with Crippen LogP contribution in [-0.2, 0) is 15.9 Å². The van der Waals surface area contributed by atoms with Gasteiger partial charge in [-0.15, -0.1) is 0 Å². The van der Waals surface area contributed by atoms with E-state index in [-0.39, 0.29) is 11.2 Å². The van der Waals surface area contributed by atoms with Crippen molar-refractivity contribution >= 4 is 0 Å². The lowest BCUT2D eigenvalue weighted by molar-refractivity contribution is 0.0680. The molecule has 0 saturated carbocycles. The van der Waals surface area contributed by atoms with Crippen molar-refractivity contribution in [2.75, 3.05) is 26.9 Å². The maximum Gasteiger partial charge on any atom is 0.132 e. The fourth-order valence-electron chi connectivity index (χ4n) is 3.99. The molecule has 0 N–H and O–H groups in total. The van der Waals surface area contributed by atoms with Gasteiger partial charge in [0.15, 0.2) is 0 Å². The van der Waals surface area contributed by atoms with Crippen LogP contribution in [-0.4, -0.2) is 37.1 Å². The number of ether oxygens (including phenoxy) is 2. The van der Waals surface area contributed by atoms with Gasteiger partial charge >= 0.3 is 0 Å². The molecule has 1 unspecified atom stereocenters. The zero-order valence-electron chi connectivity index (χ0n) is 16.5. The smallest absolute Gasteiger partial charge is 0.132 e. The minimum atomic E-state index is -0.256. The Hall–Kier alpha value is -1.85. The van der Waals surface area contributed by atoms with Crippen molar-refractivity contribution in [3.63, 3.8) is 0 Å². The SMILES string of the molecule is COCCOCCCCC1c2cc(-c3ccccc3F)nnc2CC1(C)C. The molecular weight excluding hydrogens is 343 g/mol. The van der Waals surface area contributed by atoms with Crippen LogP contribution in [0.15, 0.2) is 30.3 Å². The molecule has 0 radical (unpaired) electrons. The Labute approximate surface area is 161 Å². The van der Waals surface area contributed by atoms with Crippen LogP contribution in [0.25, 0.3) is 11.3 Å². The molecule has 0 saturated heterocycles. The summed E-state index contributed by atoms with van der Waals surface area (Å²) < 4.78 is 24.7. The molecule has 5 heteroatoms. The summed E-state index contributed by atoms with van der Waals surface area (Å²) in [5, 5.41) is 8.74. The first-order chi connectivity index (χ1) is 13.0. The lowest BCUT2D eigenvalue weighted by atomic mass is 9.77. The largest absolute Gasteiger partial charge is 0.382 e. The van der Waals surface area contributed by atoms with Gasteiger partial charge in [0.2, 0.25) is 0 Å². The molecule has 1 heterocycles. The molecule has 2 aromatic rings. The zero-order valence-corrected chi connectivity index (χ0v) is 16.5. The molecule has 1 aromatic carbocycles. The molecule has 0 amide bonds. The third kappa shape index (κ3) is 4.71. The van der Waals surface area contributed by atoms with Crippen molar-refractivity contribution in [1.29, 1.82) is 0 Å². The Morgan fingerprint density at radius 1 is 1.11 bits per heavy atom. The van der Waals surface area contributed by atoms with E-state index in [4.69, 9.17) is 9.47 Å². The van der Waals surface area contributed by atoms with E-state index in [9.17, 15) is 4.39 Å². The first kappa shape index (κ1) is 19.9. The zero-order chi connectivity index (χ0) is 19.3. The number of hydrogen-bond donors (Lipinski definition) is 0. The van der Waals surface area contributed by atoms with Crippen LogP contribution < -0.4 is 0 Å². The number of aromatic nitrogens is 2. The van der Waals surface area contributed by atoms with Gasteiger partial charge in [0.25, 0.3) is 0 Å². The Balaban J connectivity index is 1.69. The van der Waals surface area contributed by atoms with Crippen LogP contribution in [0, 0.1) is 11.2 Å². The van der Waals surface area contributed by atoms with Crippen molar-refractivity contribution in [2.24, 2.45) is 5.41 Å². The highest BCUT2D eigenvalue weighted by molar-refractivity contribution is 5.61. The molecule has 0 fully saturated rings. The highest BCUT2D eigenvalue weighted by atomic mass is 19.1. The summed E-state index contributed by atoms with van der Waals surface area (Å²) in [6.45, 7) is 6.63. The summed E-state index contributed by atoms with van der Waals surface area (Å²) in [6, 6.07) is 8.81. The molecule has 146 valence electrons. The maximum atomic E-state index is 14.2. The van der Waals surface area contributed by atoms with Crippen molar-refractivity contribution in [2.45, 2.75) is 45.4 Å². The summed E-state index contributed by atoms with van der Waals surface area (Å²) in [5.41, 5.74) is 3.57. The molecule has 4 nitrogen and oxygen atoms in total. The molecule has 0 bridgehead atoms. The van der Waals surface area contributed by atoms with E-state index in [1.54, 1.807) is 19.2 Å². The Morgan fingerprint density at radius 2 is 1.93 bits per heavy atom. The van der Waals surface area contributed by atoms with E-state index < -0.39 is 0 Å². The molecule has 1 aromatic heterocycles. The molecule has 0 aliphatic heterocycles. The van der Waals surface area contributed by atoms with Crippen LogP contribution in [0.4, 0.5) is 4.39 Å². The normalized spacial score (nSPS) is 17.9. The quantitative estimate of drug-likeness (QED) is 0.594. The number of fused-ring (bicyclic) bond motifs is 1. The van der Waals surface area contributed by atoms with E-state index in [0.29, 0.717) is 30.4 Å². The molecular formula is C22H29FN2O2. The van der Waals surface area contributed by atoms with Crippen molar-refractivity contribution in [3.05, 3.63) is 47.4 Å². The fraction of sp³-hybridized carbons (Fsp3) is 0.545. The highest BCUT2D eigenvalue weighted by Gasteiger charge is 2.39. The topological polar surface area (TPSA) is 44.2 Å². The highest BCUT2D eigenvalue weighted by Crippen LogP contribution is 2.49. The minimum Gasteiger partial charge on any atom is -0.382 e. The summed E-state index contributed by atoms with van der Waals surface area (Å²) in [7, 11) is 1.68. The Morgan fingerprint density at radius 3 is 2.70 bits per heavy atom. The van der Waals surface area contributed by atoms with Crippen LogP contribution >= 0.6 is 0 Å². The van der Waals surface area contributed by atoms with Gasteiger partial charge in [-0.1, -0.05) is 32.4 Å². The second kappa shape index (κ2) is 8.89. The van der Waals surface area contributed by atoms with E-state index in [1.807, 2.05) is 6.07 Å². The average Bonchev–Trinajstić information content (AvgIpc) is 2.90. The van der Waals surface area contributed by atoms with Gasteiger partial charge in [0.05, 0.1) is 24.6 Å². The monoisotopic (exact) mass is 372 g/mol. The van der Waals surface area contributed by atoms with Gasteiger partial charge in [-0.25, -0.2) is 4.39 Å². The van der Waals surface area contributed by atoms with Crippen molar-refractivity contribution in [3.8, 4) is 11.3 Å². The van der Waals surface area contributed by atoms with Crippen molar-refractivity contribution in [1.82, 2.24) is 10.2 Å². The fourth-order valence-corrected chi connectivity index (χ4v) is 3.99. The number of nitrogens with zero attached hydrogens (tertiary/aromatic N) is 2. The molecule has 1 aliphatic rings. The van der Waals surface area contributed by atoms with Gasteiger partial charge in [0.1, 0.15) is 5.82 Å². The van der Waals surface area contributed by atoms with Gasteiger partial charge in [-0.2, -0.15) is 10.2 Å². The second-order valence-electron chi connectivity index (χ2n) is 7.93. The van der Waals surface area contributed by atoms with Gasteiger partial charge in [-0.3, -0.25) is 0 Å². The van der Waals surface area contributed by atoms with Crippen LogP contribution in [0.2, 0.25) is 0 Å². The lowest BCUT2D eigenvalue weighted by Crippen LogP contribution is -2.18. The Bertz CT molecular complexity index is 764. The van der Waals surface area contributed by atoms with Crippen LogP contribution in [0.1, 0.15) is 50.3 Å². The number of rotatable bonds is 9. The third-order valence-electron chi connectivity index (χ3n) is 5.46. The lowest BCUT2D eigenvalue weighted by Gasteiger charge is -2.27. The number of methoxy groups -OCH3 is 1. The molecule has 27 heavy (non-hydrogen) atoms. The molecule has 1 aliphatic carbocycles. The van der Waals surface area contributed by atoms with E-state index >= 15 is 0 Å². The van der Waals surface area contributed by atoms with E-state index in [1.165, 1.54) is 11.6 Å². The minimum absolute atomic E-state index is 0.141.